The van der Waals surface area contributed by atoms with Gasteiger partial charge in [0, 0.05) is 24.8 Å². The lowest BCUT2D eigenvalue weighted by Gasteiger charge is -2.10. The van der Waals surface area contributed by atoms with Gasteiger partial charge in [-0.15, -0.1) is 0 Å². The van der Waals surface area contributed by atoms with Gasteiger partial charge in [-0.05, 0) is 36.2 Å². The summed E-state index contributed by atoms with van der Waals surface area (Å²) in [6.45, 7) is 0.901. The van der Waals surface area contributed by atoms with Crippen LogP contribution in [-0.2, 0) is 13.0 Å². The van der Waals surface area contributed by atoms with E-state index in [0.717, 1.165) is 16.9 Å². The topological polar surface area (TPSA) is 76.1 Å². The number of aromatic nitrogens is 2. The van der Waals surface area contributed by atoms with Crippen molar-refractivity contribution in [3.8, 4) is 5.75 Å². The van der Waals surface area contributed by atoms with E-state index in [1.165, 1.54) is 18.3 Å². The quantitative estimate of drug-likeness (QED) is 0.628. The Balaban J connectivity index is 1.54. The van der Waals surface area contributed by atoms with E-state index >= 15 is 0 Å². The van der Waals surface area contributed by atoms with Crippen LogP contribution in [-0.4, -0.2) is 29.5 Å². The first kappa shape index (κ1) is 19.3. The Morgan fingerprint density at radius 1 is 1.11 bits per heavy atom. The van der Waals surface area contributed by atoms with Crippen LogP contribution in [0, 0.1) is 5.82 Å². The molecule has 0 aliphatic heterocycles. The highest BCUT2D eigenvalue weighted by Crippen LogP contribution is 2.18. The Bertz CT molecular complexity index is 932. The van der Waals surface area contributed by atoms with Crippen LogP contribution in [0.3, 0.4) is 0 Å². The van der Waals surface area contributed by atoms with Gasteiger partial charge in [-0.1, -0.05) is 30.3 Å². The van der Waals surface area contributed by atoms with Gasteiger partial charge >= 0.3 is 0 Å². The van der Waals surface area contributed by atoms with Crippen molar-refractivity contribution in [3.63, 3.8) is 0 Å². The Labute approximate surface area is 162 Å². The summed E-state index contributed by atoms with van der Waals surface area (Å²) >= 11 is 0. The number of rotatable bonds is 8. The number of para-hydroxylation sites is 1. The minimum absolute atomic E-state index is 0.275. The van der Waals surface area contributed by atoms with Gasteiger partial charge in [-0.2, -0.15) is 0 Å². The Morgan fingerprint density at radius 2 is 1.89 bits per heavy atom. The molecule has 2 N–H and O–H groups in total. The molecular formula is C21H21FN4O2. The number of nitrogens with one attached hydrogen (secondary N) is 2. The zero-order chi connectivity index (χ0) is 19.8. The summed E-state index contributed by atoms with van der Waals surface area (Å²) in [6.07, 6.45) is 2.14. The van der Waals surface area contributed by atoms with Gasteiger partial charge in [0.05, 0.1) is 7.11 Å². The van der Waals surface area contributed by atoms with Crippen LogP contribution < -0.4 is 15.4 Å². The molecule has 0 saturated heterocycles. The molecule has 0 spiro atoms. The van der Waals surface area contributed by atoms with Crippen LogP contribution in [0.15, 0.2) is 60.8 Å². The van der Waals surface area contributed by atoms with Gasteiger partial charge in [-0.3, -0.25) is 4.79 Å². The van der Waals surface area contributed by atoms with Gasteiger partial charge in [-0.25, -0.2) is 14.4 Å². The van der Waals surface area contributed by atoms with Crippen LogP contribution in [0.25, 0.3) is 0 Å². The number of methoxy groups -OCH3 is 1. The third-order valence-corrected chi connectivity index (χ3v) is 4.13. The first-order valence-electron chi connectivity index (χ1n) is 8.87. The van der Waals surface area contributed by atoms with E-state index in [0.29, 0.717) is 25.5 Å². The minimum Gasteiger partial charge on any atom is -0.496 e. The normalized spacial score (nSPS) is 10.4. The summed E-state index contributed by atoms with van der Waals surface area (Å²) in [6, 6.07) is 15.4. The molecule has 6 nitrogen and oxygen atoms in total. The van der Waals surface area contributed by atoms with E-state index in [4.69, 9.17) is 4.74 Å². The second-order valence-corrected chi connectivity index (χ2v) is 6.06. The van der Waals surface area contributed by atoms with E-state index in [2.05, 4.69) is 20.6 Å². The number of carbonyl (C=O) groups is 1. The number of benzene rings is 2. The number of nitrogens with zero attached hydrogens (tertiary/aromatic N) is 2. The van der Waals surface area contributed by atoms with E-state index in [9.17, 15) is 9.18 Å². The highest BCUT2D eigenvalue weighted by molar-refractivity contribution is 5.92. The van der Waals surface area contributed by atoms with E-state index in [1.54, 1.807) is 25.3 Å². The first-order valence-corrected chi connectivity index (χ1v) is 8.87. The predicted octanol–water partition coefficient (Wildman–Crippen LogP) is 3.21. The summed E-state index contributed by atoms with van der Waals surface area (Å²) < 4.78 is 18.2. The minimum atomic E-state index is -0.287. The standard InChI is InChI=1S/C21H21FN4O2/c1-28-19-5-3-2-4-16(19)14-25-21-24-13-11-18(26-21)20(27)23-12-10-15-6-8-17(22)9-7-15/h2-9,11,13H,10,12,14H2,1H3,(H,23,27)(H,24,25,26). The molecule has 3 aromatic rings. The molecule has 0 atom stereocenters. The number of amides is 1. The molecule has 144 valence electrons. The fraction of sp³-hybridized carbons (Fsp3) is 0.190. The maximum atomic E-state index is 12.9. The van der Waals surface area contributed by atoms with Crippen molar-refractivity contribution >= 4 is 11.9 Å². The second kappa shape index (κ2) is 9.45. The van der Waals surface area contributed by atoms with Crippen molar-refractivity contribution in [1.82, 2.24) is 15.3 Å². The monoisotopic (exact) mass is 380 g/mol. The first-order chi connectivity index (χ1) is 13.7. The SMILES string of the molecule is COc1ccccc1CNc1nccc(C(=O)NCCc2ccc(F)cc2)n1. The number of halogens is 1. The molecular weight excluding hydrogens is 359 g/mol. The summed E-state index contributed by atoms with van der Waals surface area (Å²) in [5, 5.41) is 5.91. The lowest BCUT2D eigenvalue weighted by Crippen LogP contribution is -2.26. The molecule has 0 radical (unpaired) electrons. The van der Waals surface area contributed by atoms with Crippen LogP contribution >= 0.6 is 0 Å². The number of hydrogen-bond donors (Lipinski definition) is 2. The van der Waals surface area contributed by atoms with Gasteiger partial charge in [0.1, 0.15) is 17.3 Å². The van der Waals surface area contributed by atoms with Crippen molar-refractivity contribution in [2.75, 3.05) is 19.0 Å². The molecule has 0 saturated carbocycles. The van der Waals surface area contributed by atoms with Crippen LogP contribution in [0.5, 0.6) is 5.75 Å². The average molecular weight is 380 g/mol. The smallest absolute Gasteiger partial charge is 0.270 e. The third kappa shape index (κ3) is 5.26. The Morgan fingerprint density at radius 3 is 2.68 bits per heavy atom. The van der Waals surface area contributed by atoms with Gasteiger partial charge in [0.15, 0.2) is 0 Å². The third-order valence-electron chi connectivity index (χ3n) is 4.13. The average Bonchev–Trinajstić information content (AvgIpc) is 2.74. The number of carbonyl (C=O) groups excluding carboxylic acids is 1. The summed E-state index contributed by atoms with van der Waals surface area (Å²) in [4.78, 5) is 20.7. The summed E-state index contributed by atoms with van der Waals surface area (Å²) in [7, 11) is 1.62. The lowest BCUT2D eigenvalue weighted by molar-refractivity contribution is 0.0949. The van der Waals surface area contributed by atoms with Crippen LogP contribution in [0.2, 0.25) is 0 Å². The molecule has 28 heavy (non-hydrogen) atoms. The second-order valence-electron chi connectivity index (χ2n) is 6.06. The van der Waals surface area contributed by atoms with Crippen molar-refractivity contribution in [1.29, 1.82) is 0 Å². The summed E-state index contributed by atoms with van der Waals surface area (Å²) in [5.41, 5.74) is 2.18. The molecule has 1 heterocycles. The predicted molar refractivity (Wildman–Crippen MR) is 105 cm³/mol. The van der Waals surface area contributed by atoms with E-state index in [1.807, 2.05) is 24.3 Å². The molecule has 0 unspecified atom stereocenters. The molecule has 1 amide bonds. The van der Waals surface area contributed by atoms with Crippen molar-refractivity contribution in [2.24, 2.45) is 0 Å². The number of hydrogen-bond acceptors (Lipinski definition) is 5. The molecule has 7 heteroatoms. The van der Waals surface area contributed by atoms with Crippen molar-refractivity contribution in [2.45, 2.75) is 13.0 Å². The maximum Gasteiger partial charge on any atom is 0.270 e. The Kier molecular flexibility index (Phi) is 6.51. The molecule has 0 aliphatic rings. The molecule has 3 rings (SSSR count). The van der Waals surface area contributed by atoms with Gasteiger partial charge < -0.3 is 15.4 Å². The molecule has 0 aliphatic carbocycles. The zero-order valence-corrected chi connectivity index (χ0v) is 15.5. The van der Waals surface area contributed by atoms with Crippen LogP contribution in [0.4, 0.5) is 10.3 Å². The highest BCUT2D eigenvalue weighted by atomic mass is 19.1. The maximum absolute atomic E-state index is 12.9. The van der Waals surface area contributed by atoms with Crippen LogP contribution in [0.1, 0.15) is 21.6 Å². The zero-order valence-electron chi connectivity index (χ0n) is 15.5. The van der Waals surface area contributed by atoms with Crippen molar-refractivity contribution in [3.05, 3.63) is 83.4 Å². The molecule has 1 aromatic heterocycles. The lowest BCUT2D eigenvalue weighted by atomic mass is 10.1. The largest absolute Gasteiger partial charge is 0.496 e. The van der Waals surface area contributed by atoms with E-state index in [-0.39, 0.29) is 17.4 Å². The van der Waals surface area contributed by atoms with Crippen molar-refractivity contribution < 1.29 is 13.9 Å². The molecule has 0 fully saturated rings. The fourth-order valence-electron chi connectivity index (χ4n) is 2.66. The molecule has 0 bridgehead atoms. The highest BCUT2D eigenvalue weighted by Gasteiger charge is 2.09. The van der Waals surface area contributed by atoms with E-state index < -0.39 is 0 Å². The number of ether oxygens (including phenoxy) is 1. The fourth-order valence-corrected chi connectivity index (χ4v) is 2.66. The summed E-state index contributed by atoms with van der Waals surface area (Å²) in [5.74, 6) is 0.563. The Hall–Kier alpha value is -3.48. The van der Waals surface area contributed by atoms with Gasteiger partial charge in [0.25, 0.3) is 5.91 Å². The van der Waals surface area contributed by atoms with Gasteiger partial charge in [0.2, 0.25) is 5.95 Å². The number of anilines is 1. The molecule has 2 aromatic carbocycles.